The first-order chi connectivity index (χ1) is 14.0. The fraction of sp³-hybridized carbons (Fsp3) is 0.238. The Morgan fingerprint density at radius 3 is 2.69 bits per heavy atom. The van der Waals surface area contributed by atoms with E-state index in [0.29, 0.717) is 41.0 Å². The molecule has 0 aliphatic carbocycles. The van der Waals surface area contributed by atoms with Crippen molar-refractivity contribution in [2.75, 3.05) is 17.7 Å². The molecule has 0 unspecified atom stereocenters. The summed E-state index contributed by atoms with van der Waals surface area (Å²) in [5, 5.41) is 6.01. The third-order valence-electron chi connectivity index (χ3n) is 4.33. The molecule has 0 aliphatic heterocycles. The first-order valence-electron chi connectivity index (χ1n) is 9.17. The van der Waals surface area contributed by atoms with Crippen molar-refractivity contribution in [3.8, 4) is 5.75 Å². The minimum absolute atomic E-state index is 0.119. The van der Waals surface area contributed by atoms with E-state index in [1.165, 1.54) is 24.9 Å². The number of hydrogen-bond donors (Lipinski definition) is 2. The summed E-state index contributed by atoms with van der Waals surface area (Å²) in [6.45, 7) is 1.79. The molecule has 8 heteroatoms. The molecular weight excluding hydrogens is 372 g/mol. The molecule has 2 N–H and O–H groups in total. The molecule has 3 aromatic rings. The van der Waals surface area contributed by atoms with E-state index in [9.17, 15) is 14.4 Å². The van der Waals surface area contributed by atoms with Gasteiger partial charge in [-0.05, 0) is 36.8 Å². The van der Waals surface area contributed by atoms with Crippen molar-refractivity contribution in [1.29, 1.82) is 0 Å². The molecule has 0 spiro atoms. The molecule has 0 atom stereocenters. The van der Waals surface area contributed by atoms with E-state index in [2.05, 4.69) is 15.6 Å². The lowest BCUT2D eigenvalue weighted by Gasteiger charge is -2.12. The second-order valence-corrected chi connectivity index (χ2v) is 6.51. The van der Waals surface area contributed by atoms with E-state index < -0.39 is 0 Å². The van der Waals surface area contributed by atoms with Gasteiger partial charge in [-0.15, -0.1) is 0 Å². The summed E-state index contributed by atoms with van der Waals surface area (Å²) >= 11 is 0. The van der Waals surface area contributed by atoms with E-state index in [-0.39, 0.29) is 23.8 Å². The molecule has 2 aromatic carbocycles. The molecule has 29 heavy (non-hydrogen) atoms. The smallest absolute Gasteiger partial charge is 0.261 e. The number of nitrogens with one attached hydrogen (secondary N) is 2. The van der Waals surface area contributed by atoms with Gasteiger partial charge in [-0.3, -0.25) is 19.0 Å². The Kier molecular flexibility index (Phi) is 6.23. The predicted molar refractivity (Wildman–Crippen MR) is 111 cm³/mol. The van der Waals surface area contributed by atoms with E-state index >= 15 is 0 Å². The fourth-order valence-corrected chi connectivity index (χ4v) is 2.97. The number of anilines is 2. The maximum Gasteiger partial charge on any atom is 0.261 e. The second kappa shape index (κ2) is 9.01. The van der Waals surface area contributed by atoms with Crippen LogP contribution in [0.1, 0.15) is 19.8 Å². The highest BCUT2D eigenvalue weighted by Crippen LogP contribution is 2.27. The zero-order valence-corrected chi connectivity index (χ0v) is 16.3. The summed E-state index contributed by atoms with van der Waals surface area (Å²) in [6.07, 6.45) is 2.23. The Balaban J connectivity index is 1.60. The van der Waals surface area contributed by atoms with Gasteiger partial charge in [0.1, 0.15) is 5.75 Å². The van der Waals surface area contributed by atoms with Gasteiger partial charge in [0.25, 0.3) is 5.56 Å². The molecule has 0 bridgehead atoms. The predicted octanol–water partition coefficient (Wildman–Crippen LogP) is 2.78. The van der Waals surface area contributed by atoms with Crippen molar-refractivity contribution < 1.29 is 14.3 Å². The molecule has 0 saturated carbocycles. The molecular formula is C21H22N4O4. The van der Waals surface area contributed by atoms with Gasteiger partial charge in [0.05, 0.1) is 30.0 Å². The van der Waals surface area contributed by atoms with Gasteiger partial charge in [-0.25, -0.2) is 4.98 Å². The van der Waals surface area contributed by atoms with Gasteiger partial charge < -0.3 is 15.4 Å². The lowest BCUT2D eigenvalue weighted by atomic mass is 10.2. The Morgan fingerprint density at radius 1 is 1.14 bits per heavy atom. The molecule has 0 radical (unpaired) electrons. The molecule has 1 heterocycles. The van der Waals surface area contributed by atoms with Crippen molar-refractivity contribution in [3.05, 3.63) is 59.1 Å². The van der Waals surface area contributed by atoms with Crippen LogP contribution in [0.15, 0.2) is 53.6 Å². The highest BCUT2D eigenvalue weighted by atomic mass is 16.5. The van der Waals surface area contributed by atoms with Crippen molar-refractivity contribution in [3.63, 3.8) is 0 Å². The number of nitrogens with zero attached hydrogens (tertiary/aromatic N) is 2. The quantitative estimate of drug-likeness (QED) is 0.642. The number of ether oxygens (including phenoxy) is 1. The van der Waals surface area contributed by atoms with Crippen LogP contribution in [-0.4, -0.2) is 28.5 Å². The molecule has 0 saturated heterocycles. The Morgan fingerprint density at radius 2 is 1.93 bits per heavy atom. The lowest BCUT2D eigenvalue weighted by molar-refractivity contribution is -0.116. The zero-order chi connectivity index (χ0) is 20.8. The first-order valence-corrected chi connectivity index (χ1v) is 9.17. The lowest BCUT2D eigenvalue weighted by Crippen LogP contribution is -2.21. The number of amides is 2. The maximum atomic E-state index is 12.5. The van der Waals surface area contributed by atoms with Gasteiger partial charge in [-0.2, -0.15) is 0 Å². The minimum Gasteiger partial charge on any atom is -0.495 e. The maximum absolute atomic E-state index is 12.5. The summed E-state index contributed by atoms with van der Waals surface area (Å²) in [4.78, 5) is 40.3. The summed E-state index contributed by atoms with van der Waals surface area (Å²) < 4.78 is 6.71. The summed E-state index contributed by atoms with van der Waals surface area (Å²) in [5.41, 5.74) is 1.56. The number of methoxy groups -OCH3 is 1. The molecule has 2 amide bonds. The standard InChI is InChI=1S/C21H22N4O4/c1-14(26)23-18-12-15(9-10-19(18)29-2)24-20(27)8-5-11-25-13-22-17-7-4-3-6-16(17)21(25)28/h3-4,6-7,9-10,12-13H,5,8,11H2,1-2H3,(H,23,26)(H,24,27). The van der Waals surface area contributed by atoms with Gasteiger partial charge >= 0.3 is 0 Å². The number of rotatable bonds is 7. The van der Waals surface area contributed by atoms with Crippen LogP contribution in [0.5, 0.6) is 5.75 Å². The van der Waals surface area contributed by atoms with E-state index in [1.807, 2.05) is 6.07 Å². The van der Waals surface area contributed by atoms with Crippen LogP contribution in [0.4, 0.5) is 11.4 Å². The van der Waals surface area contributed by atoms with E-state index in [1.54, 1.807) is 36.4 Å². The van der Waals surface area contributed by atoms with Crippen LogP contribution >= 0.6 is 0 Å². The van der Waals surface area contributed by atoms with Crippen molar-refractivity contribution in [2.24, 2.45) is 0 Å². The number of para-hydroxylation sites is 1. The fourth-order valence-electron chi connectivity index (χ4n) is 2.97. The summed E-state index contributed by atoms with van der Waals surface area (Å²) in [5.74, 6) is 0.0772. The minimum atomic E-state index is -0.235. The van der Waals surface area contributed by atoms with Crippen LogP contribution < -0.4 is 20.9 Å². The topological polar surface area (TPSA) is 102 Å². The molecule has 8 nitrogen and oxygen atoms in total. The van der Waals surface area contributed by atoms with Crippen molar-refractivity contribution >= 4 is 34.1 Å². The van der Waals surface area contributed by atoms with Crippen molar-refractivity contribution in [2.45, 2.75) is 26.3 Å². The van der Waals surface area contributed by atoms with E-state index in [4.69, 9.17) is 4.74 Å². The molecule has 3 rings (SSSR count). The summed E-state index contributed by atoms with van der Waals surface area (Å²) in [7, 11) is 1.50. The highest BCUT2D eigenvalue weighted by molar-refractivity contribution is 5.94. The summed E-state index contributed by atoms with van der Waals surface area (Å²) in [6, 6.07) is 12.2. The van der Waals surface area contributed by atoms with Crippen molar-refractivity contribution in [1.82, 2.24) is 9.55 Å². The van der Waals surface area contributed by atoms with Crippen LogP contribution in [0.3, 0.4) is 0 Å². The van der Waals surface area contributed by atoms with Gasteiger partial charge in [0, 0.05) is 25.6 Å². The largest absolute Gasteiger partial charge is 0.495 e. The highest BCUT2D eigenvalue weighted by Gasteiger charge is 2.09. The number of fused-ring (bicyclic) bond motifs is 1. The SMILES string of the molecule is COc1ccc(NC(=O)CCCn2cnc3ccccc3c2=O)cc1NC(C)=O. The normalized spacial score (nSPS) is 10.6. The Labute approximate surface area is 167 Å². The number of carbonyl (C=O) groups is 2. The third kappa shape index (κ3) is 4.98. The van der Waals surface area contributed by atoms with Crippen LogP contribution in [0.2, 0.25) is 0 Å². The molecule has 150 valence electrons. The number of aryl methyl sites for hydroxylation is 1. The number of carbonyl (C=O) groups excluding carboxylic acids is 2. The number of hydrogen-bond acceptors (Lipinski definition) is 5. The first kappa shape index (κ1) is 20.1. The zero-order valence-electron chi connectivity index (χ0n) is 16.3. The van der Waals surface area contributed by atoms with Crippen LogP contribution in [-0.2, 0) is 16.1 Å². The average Bonchev–Trinajstić information content (AvgIpc) is 2.70. The van der Waals surface area contributed by atoms with Crippen LogP contribution in [0.25, 0.3) is 10.9 Å². The molecule has 0 fully saturated rings. The molecule has 1 aromatic heterocycles. The number of benzene rings is 2. The number of aromatic nitrogens is 2. The van der Waals surface area contributed by atoms with Gasteiger partial charge in [0.15, 0.2) is 0 Å². The third-order valence-corrected chi connectivity index (χ3v) is 4.33. The second-order valence-electron chi connectivity index (χ2n) is 6.51. The average molecular weight is 394 g/mol. The Bertz CT molecular complexity index is 1110. The monoisotopic (exact) mass is 394 g/mol. The van der Waals surface area contributed by atoms with Crippen LogP contribution in [0, 0.1) is 0 Å². The van der Waals surface area contributed by atoms with Gasteiger partial charge in [-0.1, -0.05) is 12.1 Å². The van der Waals surface area contributed by atoms with Gasteiger partial charge in [0.2, 0.25) is 11.8 Å². The Hall–Kier alpha value is -3.68. The molecule has 0 aliphatic rings. The van der Waals surface area contributed by atoms with E-state index in [0.717, 1.165) is 0 Å².